The lowest BCUT2D eigenvalue weighted by atomic mass is 9.71. The molecule has 1 spiro atoms. The molecule has 7 nitrogen and oxygen atoms in total. The maximum atomic E-state index is 13.2. The third kappa shape index (κ3) is 3.96. The standard InChI is InChI=1S/C22H25N3O4/c1-28-18-6-2-4-16(12-18)21(27)25-14-19(22(15-25)7-10-29-11-8-22)20(26)24-17-5-3-9-23-13-17/h2-6,9,12-13,19H,7-8,10-11,14-15H2,1H3,(H,24,26)/t19-/m0/s1. The molecule has 29 heavy (non-hydrogen) atoms. The molecular weight excluding hydrogens is 370 g/mol. The predicted molar refractivity (Wildman–Crippen MR) is 108 cm³/mol. The number of rotatable bonds is 4. The number of carbonyl (C=O) groups is 2. The van der Waals surface area contributed by atoms with Crippen LogP contribution in [0.25, 0.3) is 0 Å². The molecule has 152 valence electrons. The van der Waals surface area contributed by atoms with Gasteiger partial charge in [0.2, 0.25) is 5.91 Å². The summed E-state index contributed by atoms with van der Waals surface area (Å²) < 4.78 is 10.8. The molecule has 1 aromatic heterocycles. The van der Waals surface area contributed by atoms with Crippen molar-refractivity contribution in [1.82, 2.24) is 9.88 Å². The molecule has 2 aliphatic rings. The normalized spacial score (nSPS) is 20.4. The van der Waals surface area contributed by atoms with E-state index in [1.807, 2.05) is 12.1 Å². The molecular formula is C22H25N3O4. The fourth-order valence-corrected chi connectivity index (χ4v) is 4.37. The van der Waals surface area contributed by atoms with E-state index in [0.29, 0.717) is 43.3 Å². The lowest BCUT2D eigenvalue weighted by Gasteiger charge is -2.37. The van der Waals surface area contributed by atoms with Crippen LogP contribution in [0.15, 0.2) is 48.8 Å². The number of amides is 2. The van der Waals surface area contributed by atoms with Crippen molar-refractivity contribution in [3.8, 4) is 5.75 Å². The van der Waals surface area contributed by atoms with Crippen LogP contribution in [0.2, 0.25) is 0 Å². The first-order valence-electron chi connectivity index (χ1n) is 9.83. The highest BCUT2D eigenvalue weighted by Crippen LogP contribution is 2.45. The second-order valence-corrected chi connectivity index (χ2v) is 7.68. The van der Waals surface area contributed by atoms with Crippen molar-refractivity contribution in [2.45, 2.75) is 12.8 Å². The number of nitrogens with one attached hydrogen (secondary N) is 1. The molecule has 1 N–H and O–H groups in total. The number of aromatic nitrogens is 1. The maximum absolute atomic E-state index is 13.2. The Balaban J connectivity index is 1.57. The number of benzene rings is 1. The highest BCUT2D eigenvalue weighted by molar-refractivity contribution is 5.97. The van der Waals surface area contributed by atoms with Crippen molar-refractivity contribution in [2.24, 2.45) is 11.3 Å². The molecule has 0 bridgehead atoms. The van der Waals surface area contributed by atoms with Gasteiger partial charge in [-0.05, 0) is 43.2 Å². The van der Waals surface area contributed by atoms with Gasteiger partial charge in [-0.25, -0.2) is 0 Å². The van der Waals surface area contributed by atoms with Crippen molar-refractivity contribution in [3.05, 3.63) is 54.4 Å². The molecule has 2 saturated heterocycles. The van der Waals surface area contributed by atoms with E-state index >= 15 is 0 Å². The fourth-order valence-electron chi connectivity index (χ4n) is 4.37. The van der Waals surface area contributed by atoms with E-state index in [-0.39, 0.29) is 23.1 Å². The number of methoxy groups -OCH3 is 1. The molecule has 4 rings (SSSR count). The monoisotopic (exact) mass is 395 g/mol. The Hall–Kier alpha value is -2.93. The Bertz CT molecular complexity index is 881. The Labute approximate surface area is 170 Å². The van der Waals surface area contributed by atoms with Gasteiger partial charge in [-0.1, -0.05) is 6.07 Å². The number of hydrogen-bond donors (Lipinski definition) is 1. The largest absolute Gasteiger partial charge is 0.497 e. The van der Waals surface area contributed by atoms with E-state index in [0.717, 1.165) is 12.8 Å². The van der Waals surface area contributed by atoms with E-state index < -0.39 is 0 Å². The van der Waals surface area contributed by atoms with E-state index in [1.165, 1.54) is 0 Å². The first-order valence-corrected chi connectivity index (χ1v) is 9.83. The first kappa shape index (κ1) is 19.4. The quantitative estimate of drug-likeness (QED) is 0.861. The average Bonchev–Trinajstić information content (AvgIpc) is 3.13. The van der Waals surface area contributed by atoms with Crippen LogP contribution in [0.4, 0.5) is 5.69 Å². The summed E-state index contributed by atoms with van der Waals surface area (Å²) in [6.07, 6.45) is 4.82. The molecule has 0 aliphatic carbocycles. The van der Waals surface area contributed by atoms with Crippen LogP contribution >= 0.6 is 0 Å². The van der Waals surface area contributed by atoms with E-state index in [9.17, 15) is 9.59 Å². The minimum atomic E-state index is -0.291. The summed E-state index contributed by atoms with van der Waals surface area (Å²) in [6, 6.07) is 10.7. The summed E-state index contributed by atoms with van der Waals surface area (Å²) in [5.41, 5.74) is 0.969. The summed E-state index contributed by atoms with van der Waals surface area (Å²) in [5, 5.41) is 2.97. The summed E-state index contributed by atoms with van der Waals surface area (Å²) >= 11 is 0. The van der Waals surface area contributed by atoms with E-state index in [1.54, 1.807) is 48.7 Å². The molecule has 1 aromatic carbocycles. The summed E-state index contributed by atoms with van der Waals surface area (Å²) in [5.74, 6) is 0.204. The van der Waals surface area contributed by atoms with Gasteiger partial charge in [0.25, 0.3) is 5.91 Å². The Morgan fingerprint density at radius 3 is 2.79 bits per heavy atom. The molecule has 2 aliphatic heterocycles. The first-order chi connectivity index (χ1) is 14.1. The average molecular weight is 395 g/mol. The number of hydrogen-bond acceptors (Lipinski definition) is 5. The number of nitrogens with zero attached hydrogens (tertiary/aromatic N) is 2. The molecule has 0 saturated carbocycles. The predicted octanol–water partition coefficient (Wildman–Crippen LogP) is 2.60. The Morgan fingerprint density at radius 2 is 2.07 bits per heavy atom. The number of anilines is 1. The maximum Gasteiger partial charge on any atom is 0.254 e. The van der Waals surface area contributed by atoms with E-state index in [4.69, 9.17) is 9.47 Å². The topological polar surface area (TPSA) is 80.8 Å². The second-order valence-electron chi connectivity index (χ2n) is 7.68. The summed E-state index contributed by atoms with van der Waals surface area (Å²) in [4.78, 5) is 32.2. The minimum absolute atomic E-state index is 0.0687. The van der Waals surface area contributed by atoms with Crippen LogP contribution in [0, 0.1) is 11.3 Å². The van der Waals surface area contributed by atoms with Crippen LogP contribution in [-0.2, 0) is 9.53 Å². The lowest BCUT2D eigenvalue weighted by Crippen LogP contribution is -2.42. The minimum Gasteiger partial charge on any atom is -0.497 e. The number of pyridine rings is 1. The second kappa shape index (κ2) is 8.21. The number of carbonyl (C=O) groups excluding carboxylic acids is 2. The van der Waals surface area contributed by atoms with Gasteiger partial charge in [-0.2, -0.15) is 0 Å². The van der Waals surface area contributed by atoms with Gasteiger partial charge in [0.05, 0.1) is 24.9 Å². The van der Waals surface area contributed by atoms with Crippen LogP contribution in [0.1, 0.15) is 23.2 Å². The highest BCUT2D eigenvalue weighted by atomic mass is 16.5. The van der Waals surface area contributed by atoms with Crippen LogP contribution in [0.3, 0.4) is 0 Å². The summed E-state index contributed by atoms with van der Waals surface area (Å²) in [7, 11) is 1.58. The van der Waals surface area contributed by atoms with Crippen LogP contribution in [-0.4, -0.2) is 55.1 Å². The molecule has 3 heterocycles. The van der Waals surface area contributed by atoms with Gasteiger partial charge in [-0.3, -0.25) is 14.6 Å². The van der Waals surface area contributed by atoms with Crippen molar-refractivity contribution < 1.29 is 19.1 Å². The van der Waals surface area contributed by atoms with Gasteiger partial charge in [0.15, 0.2) is 0 Å². The zero-order valence-corrected chi connectivity index (χ0v) is 16.5. The third-order valence-corrected chi connectivity index (χ3v) is 5.99. The van der Waals surface area contributed by atoms with Crippen LogP contribution in [0.5, 0.6) is 5.75 Å². The van der Waals surface area contributed by atoms with Crippen molar-refractivity contribution in [2.75, 3.05) is 38.7 Å². The van der Waals surface area contributed by atoms with Crippen molar-refractivity contribution in [1.29, 1.82) is 0 Å². The molecule has 2 amide bonds. The molecule has 7 heteroatoms. The van der Waals surface area contributed by atoms with Gasteiger partial charge in [0.1, 0.15) is 5.75 Å². The van der Waals surface area contributed by atoms with Gasteiger partial charge >= 0.3 is 0 Å². The third-order valence-electron chi connectivity index (χ3n) is 5.99. The van der Waals surface area contributed by atoms with E-state index in [2.05, 4.69) is 10.3 Å². The molecule has 0 unspecified atom stereocenters. The Kier molecular flexibility index (Phi) is 5.49. The molecule has 2 aromatic rings. The molecule has 2 fully saturated rings. The van der Waals surface area contributed by atoms with Gasteiger partial charge in [0, 0.05) is 43.5 Å². The highest BCUT2D eigenvalue weighted by Gasteiger charge is 2.51. The molecule has 0 radical (unpaired) electrons. The Morgan fingerprint density at radius 1 is 1.24 bits per heavy atom. The van der Waals surface area contributed by atoms with Gasteiger partial charge < -0.3 is 19.7 Å². The van der Waals surface area contributed by atoms with Crippen LogP contribution < -0.4 is 10.1 Å². The van der Waals surface area contributed by atoms with Crippen molar-refractivity contribution >= 4 is 17.5 Å². The van der Waals surface area contributed by atoms with Gasteiger partial charge in [-0.15, -0.1) is 0 Å². The molecule has 1 atom stereocenters. The zero-order valence-electron chi connectivity index (χ0n) is 16.5. The number of likely N-dealkylation sites (tertiary alicyclic amines) is 1. The number of ether oxygens (including phenoxy) is 2. The SMILES string of the molecule is COc1cccc(C(=O)N2C[C@@H](C(=O)Nc3cccnc3)C3(CCOCC3)C2)c1. The smallest absolute Gasteiger partial charge is 0.254 e. The zero-order chi connectivity index (χ0) is 20.3. The van der Waals surface area contributed by atoms with Crippen molar-refractivity contribution in [3.63, 3.8) is 0 Å². The fraction of sp³-hybridized carbons (Fsp3) is 0.409. The summed E-state index contributed by atoms with van der Waals surface area (Å²) in [6.45, 7) is 2.16. The lowest BCUT2D eigenvalue weighted by molar-refractivity contribution is -0.124.